The van der Waals surface area contributed by atoms with Gasteiger partial charge in [-0.2, -0.15) is 0 Å². The molecule has 2 aromatic rings. The summed E-state index contributed by atoms with van der Waals surface area (Å²) in [6.07, 6.45) is 0. The molecule has 12 heteroatoms. The van der Waals surface area contributed by atoms with Gasteiger partial charge in [0, 0.05) is 32.8 Å². The van der Waals surface area contributed by atoms with Crippen LogP contribution in [0.3, 0.4) is 0 Å². The minimum absolute atomic E-state index is 0.0650. The number of rotatable bonds is 7. The van der Waals surface area contributed by atoms with Gasteiger partial charge in [0.05, 0.1) is 10.5 Å². The van der Waals surface area contributed by atoms with Gasteiger partial charge in [-0.25, -0.2) is 9.59 Å². The van der Waals surface area contributed by atoms with Crippen molar-refractivity contribution in [2.24, 2.45) is 14.1 Å². The molecule has 1 heterocycles. The van der Waals surface area contributed by atoms with E-state index in [0.717, 1.165) is 21.3 Å². The maximum atomic E-state index is 12.1. The highest BCUT2D eigenvalue weighted by molar-refractivity contribution is 5.95. The van der Waals surface area contributed by atoms with Gasteiger partial charge >= 0.3 is 11.7 Å². The van der Waals surface area contributed by atoms with Gasteiger partial charge in [-0.1, -0.05) is 0 Å². The largest absolute Gasteiger partial charge is 0.452 e. The smallest absolute Gasteiger partial charge is 0.338 e. The fourth-order valence-electron chi connectivity index (χ4n) is 2.40. The second-order valence-electron chi connectivity index (χ2n) is 5.91. The molecule has 12 nitrogen and oxygen atoms in total. The number of hydrogen-bond donors (Lipinski definition) is 2. The molecule has 0 aliphatic carbocycles. The van der Waals surface area contributed by atoms with E-state index in [1.165, 1.54) is 26.2 Å². The third-order valence-corrected chi connectivity index (χ3v) is 3.93. The zero-order chi connectivity index (χ0) is 21.7. The molecule has 29 heavy (non-hydrogen) atoms. The molecule has 1 aromatic heterocycles. The average molecular weight is 405 g/mol. The van der Waals surface area contributed by atoms with E-state index in [2.05, 4.69) is 10.6 Å². The third-order valence-electron chi connectivity index (χ3n) is 3.93. The standard InChI is InChI=1S/C17H19N5O7/c1-4-18-11-6-5-10(7-12(11)22(27)28)16(25)29-9-14(23)19-13-8-15(24)21(3)17(26)20(13)2/h5-8,18H,4,9H2,1-3H3,(H,19,23). The predicted molar refractivity (Wildman–Crippen MR) is 103 cm³/mol. The number of carbonyl (C=O) groups excluding carboxylic acids is 2. The van der Waals surface area contributed by atoms with Crippen molar-refractivity contribution >= 4 is 29.1 Å². The van der Waals surface area contributed by atoms with Crippen molar-refractivity contribution in [1.29, 1.82) is 0 Å². The summed E-state index contributed by atoms with van der Waals surface area (Å²) in [5, 5.41) is 16.2. The Balaban J connectivity index is 2.09. The second-order valence-corrected chi connectivity index (χ2v) is 5.91. The van der Waals surface area contributed by atoms with E-state index in [1.54, 1.807) is 6.92 Å². The lowest BCUT2D eigenvalue weighted by Crippen LogP contribution is -2.38. The van der Waals surface area contributed by atoms with Crippen LogP contribution in [0.15, 0.2) is 33.9 Å². The average Bonchev–Trinajstić information content (AvgIpc) is 2.69. The molecule has 1 amide bonds. The zero-order valence-corrected chi connectivity index (χ0v) is 15.9. The molecular formula is C17H19N5O7. The van der Waals surface area contributed by atoms with E-state index in [9.17, 15) is 29.3 Å². The molecule has 0 aliphatic heterocycles. The highest BCUT2D eigenvalue weighted by Crippen LogP contribution is 2.25. The van der Waals surface area contributed by atoms with Crippen molar-refractivity contribution in [3.05, 3.63) is 60.8 Å². The number of benzene rings is 1. The van der Waals surface area contributed by atoms with Crippen molar-refractivity contribution in [1.82, 2.24) is 9.13 Å². The quantitative estimate of drug-likeness (QED) is 0.377. The molecule has 2 N–H and O–H groups in total. The number of esters is 1. The Morgan fingerprint density at radius 1 is 1.17 bits per heavy atom. The van der Waals surface area contributed by atoms with Crippen molar-refractivity contribution in [3.8, 4) is 0 Å². The van der Waals surface area contributed by atoms with Crippen LogP contribution in [0.25, 0.3) is 0 Å². The lowest BCUT2D eigenvalue weighted by Gasteiger charge is -2.11. The number of anilines is 2. The molecule has 0 atom stereocenters. The summed E-state index contributed by atoms with van der Waals surface area (Å²) in [4.78, 5) is 58.1. The van der Waals surface area contributed by atoms with E-state index in [0.29, 0.717) is 6.54 Å². The minimum Gasteiger partial charge on any atom is -0.452 e. The van der Waals surface area contributed by atoms with Crippen molar-refractivity contribution in [2.75, 3.05) is 23.8 Å². The first kappa shape index (κ1) is 21.3. The molecule has 1 aromatic carbocycles. The molecule has 0 unspecified atom stereocenters. The number of hydrogen-bond acceptors (Lipinski definition) is 8. The van der Waals surface area contributed by atoms with Gasteiger partial charge in [-0.3, -0.25) is 28.8 Å². The number of amides is 1. The van der Waals surface area contributed by atoms with Crippen LogP contribution in [0.1, 0.15) is 17.3 Å². The molecular weight excluding hydrogens is 386 g/mol. The van der Waals surface area contributed by atoms with Gasteiger partial charge in [0.15, 0.2) is 6.61 Å². The zero-order valence-electron chi connectivity index (χ0n) is 15.9. The Bertz CT molecular complexity index is 1090. The molecule has 0 spiro atoms. The first-order valence-corrected chi connectivity index (χ1v) is 8.42. The first-order chi connectivity index (χ1) is 13.6. The molecule has 0 saturated heterocycles. The van der Waals surface area contributed by atoms with Crippen LogP contribution in [0, 0.1) is 10.1 Å². The van der Waals surface area contributed by atoms with Gasteiger partial charge in [-0.05, 0) is 19.1 Å². The Hall–Kier alpha value is -3.96. The van der Waals surface area contributed by atoms with E-state index >= 15 is 0 Å². The summed E-state index contributed by atoms with van der Waals surface area (Å²) in [5.74, 6) is -1.80. The number of nitrogens with zero attached hydrogens (tertiary/aromatic N) is 3. The minimum atomic E-state index is -0.941. The lowest BCUT2D eigenvalue weighted by atomic mass is 10.1. The van der Waals surface area contributed by atoms with Crippen LogP contribution < -0.4 is 21.9 Å². The Kier molecular flexibility index (Phi) is 6.49. The monoisotopic (exact) mass is 405 g/mol. The maximum absolute atomic E-state index is 12.1. The predicted octanol–water partition coefficient (Wildman–Crippen LogP) is 0.220. The Morgan fingerprint density at radius 3 is 2.48 bits per heavy atom. The van der Waals surface area contributed by atoms with E-state index in [1.807, 2.05) is 0 Å². The SMILES string of the molecule is CCNc1ccc(C(=O)OCC(=O)Nc2cc(=O)n(C)c(=O)n2C)cc1[N+](=O)[O-]. The van der Waals surface area contributed by atoms with Gasteiger partial charge < -0.3 is 15.4 Å². The molecule has 0 radical (unpaired) electrons. The number of ether oxygens (including phenoxy) is 1. The highest BCUT2D eigenvalue weighted by Gasteiger charge is 2.19. The molecule has 0 aliphatic rings. The highest BCUT2D eigenvalue weighted by atomic mass is 16.6. The summed E-state index contributed by atoms with van der Waals surface area (Å²) in [6, 6.07) is 4.79. The molecule has 2 rings (SSSR count). The van der Waals surface area contributed by atoms with Crippen LogP contribution in [0.5, 0.6) is 0 Å². The Labute approximate surface area is 163 Å². The van der Waals surface area contributed by atoms with E-state index in [-0.39, 0.29) is 22.8 Å². The van der Waals surface area contributed by atoms with Crippen molar-refractivity contribution in [2.45, 2.75) is 6.92 Å². The summed E-state index contributed by atoms with van der Waals surface area (Å²) in [7, 11) is 2.65. The number of nitrogens with one attached hydrogen (secondary N) is 2. The molecule has 0 saturated carbocycles. The summed E-state index contributed by atoms with van der Waals surface area (Å²) < 4.78 is 6.76. The topological polar surface area (TPSA) is 155 Å². The summed E-state index contributed by atoms with van der Waals surface area (Å²) in [6.45, 7) is 1.50. The molecule has 0 bridgehead atoms. The first-order valence-electron chi connectivity index (χ1n) is 8.42. The van der Waals surface area contributed by atoms with Crippen LogP contribution >= 0.6 is 0 Å². The van der Waals surface area contributed by atoms with E-state index in [4.69, 9.17) is 4.74 Å². The molecule has 154 valence electrons. The summed E-state index contributed by atoms with van der Waals surface area (Å²) in [5.41, 5.74) is -1.42. The Morgan fingerprint density at radius 2 is 1.86 bits per heavy atom. The number of nitro groups is 1. The number of nitro benzene ring substituents is 1. The molecule has 0 fully saturated rings. The maximum Gasteiger partial charge on any atom is 0.338 e. The fourth-order valence-corrected chi connectivity index (χ4v) is 2.40. The van der Waals surface area contributed by atoms with Gasteiger partial charge in [0.25, 0.3) is 17.2 Å². The van der Waals surface area contributed by atoms with Crippen LogP contribution in [-0.4, -0.2) is 39.1 Å². The van der Waals surface area contributed by atoms with Gasteiger partial charge in [0.1, 0.15) is 11.5 Å². The number of carbonyl (C=O) groups is 2. The normalized spacial score (nSPS) is 10.3. The van der Waals surface area contributed by atoms with Gasteiger partial charge in [-0.15, -0.1) is 0 Å². The lowest BCUT2D eigenvalue weighted by molar-refractivity contribution is -0.384. The van der Waals surface area contributed by atoms with Gasteiger partial charge in [0.2, 0.25) is 0 Å². The fraction of sp³-hybridized carbons (Fsp3) is 0.294. The van der Waals surface area contributed by atoms with E-state index < -0.39 is 34.7 Å². The third kappa shape index (κ3) is 4.86. The van der Waals surface area contributed by atoms with Crippen LogP contribution in [0.2, 0.25) is 0 Å². The van der Waals surface area contributed by atoms with Crippen molar-refractivity contribution < 1.29 is 19.2 Å². The summed E-state index contributed by atoms with van der Waals surface area (Å²) >= 11 is 0. The van der Waals surface area contributed by atoms with Crippen LogP contribution in [0.4, 0.5) is 17.2 Å². The van der Waals surface area contributed by atoms with Crippen molar-refractivity contribution in [3.63, 3.8) is 0 Å². The second kappa shape index (κ2) is 8.82. The van der Waals surface area contributed by atoms with Crippen LogP contribution in [-0.2, 0) is 23.6 Å². The number of aromatic nitrogens is 2.